The zero-order valence-corrected chi connectivity index (χ0v) is 9.31. The lowest BCUT2D eigenvalue weighted by Crippen LogP contribution is -2.27. The summed E-state index contributed by atoms with van der Waals surface area (Å²) in [4.78, 5) is 15.2. The van der Waals surface area contributed by atoms with E-state index in [-0.39, 0.29) is 12.5 Å². The lowest BCUT2D eigenvalue weighted by molar-refractivity contribution is -0.126. The van der Waals surface area contributed by atoms with Crippen molar-refractivity contribution in [3.8, 4) is 0 Å². The van der Waals surface area contributed by atoms with E-state index in [2.05, 4.69) is 10.3 Å². The second-order valence-corrected chi connectivity index (χ2v) is 3.18. The fraction of sp³-hybridized carbons (Fsp3) is 0.455. The van der Waals surface area contributed by atoms with Gasteiger partial charge in [-0.2, -0.15) is 0 Å². The molecule has 0 aliphatic carbocycles. The topological polar surface area (TPSA) is 60.5 Å². The van der Waals surface area contributed by atoms with Crippen LogP contribution in [0.5, 0.6) is 0 Å². The van der Waals surface area contributed by atoms with Gasteiger partial charge < -0.3 is 14.8 Å². The number of ether oxygens (including phenoxy) is 2. The number of hydrogen-bond acceptors (Lipinski definition) is 4. The fourth-order valence-corrected chi connectivity index (χ4v) is 1.06. The van der Waals surface area contributed by atoms with Crippen molar-refractivity contribution in [1.29, 1.82) is 0 Å². The van der Waals surface area contributed by atoms with Crippen LogP contribution in [-0.4, -0.2) is 37.8 Å². The molecule has 1 amide bonds. The third kappa shape index (κ3) is 5.43. The van der Waals surface area contributed by atoms with Crippen LogP contribution < -0.4 is 5.32 Å². The smallest absolute Gasteiger partial charge is 0.246 e. The first-order chi connectivity index (χ1) is 7.83. The molecule has 1 aromatic rings. The van der Waals surface area contributed by atoms with Gasteiger partial charge in [-0.05, 0) is 11.6 Å². The first-order valence-corrected chi connectivity index (χ1v) is 5.05. The van der Waals surface area contributed by atoms with Crippen LogP contribution in [0.3, 0.4) is 0 Å². The van der Waals surface area contributed by atoms with E-state index in [0.717, 1.165) is 5.56 Å². The monoisotopic (exact) mass is 224 g/mol. The molecule has 1 aromatic heterocycles. The van der Waals surface area contributed by atoms with Gasteiger partial charge in [-0.1, -0.05) is 6.07 Å². The molecule has 0 atom stereocenters. The molecule has 88 valence electrons. The van der Waals surface area contributed by atoms with Gasteiger partial charge >= 0.3 is 0 Å². The molecule has 5 heteroatoms. The second kappa shape index (κ2) is 7.78. The van der Waals surface area contributed by atoms with Crippen molar-refractivity contribution >= 4 is 5.91 Å². The van der Waals surface area contributed by atoms with Crippen LogP contribution in [0.15, 0.2) is 24.5 Å². The first-order valence-electron chi connectivity index (χ1n) is 5.05. The fourth-order valence-electron chi connectivity index (χ4n) is 1.06. The minimum atomic E-state index is -0.139. The normalized spacial score (nSPS) is 10.1. The summed E-state index contributed by atoms with van der Waals surface area (Å²) in [6.45, 7) is 1.45. The average Bonchev–Trinajstić information content (AvgIpc) is 2.33. The van der Waals surface area contributed by atoms with E-state index in [0.29, 0.717) is 19.8 Å². The molecule has 0 aliphatic heterocycles. The number of rotatable bonds is 7. The maximum Gasteiger partial charge on any atom is 0.246 e. The molecule has 0 spiro atoms. The van der Waals surface area contributed by atoms with Gasteiger partial charge in [0.15, 0.2) is 0 Å². The van der Waals surface area contributed by atoms with Gasteiger partial charge in [-0.25, -0.2) is 0 Å². The Morgan fingerprint density at radius 3 is 3.06 bits per heavy atom. The zero-order chi connectivity index (χ0) is 11.6. The summed E-state index contributed by atoms with van der Waals surface area (Å²) < 4.78 is 9.86. The number of aromatic nitrogens is 1. The molecule has 1 N–H and O–H groups in total. The minimum Gasteiger partial charge on any atom is -0.382 e. The van der Waals surface area contributed by atoms with Crippen molar-refractivity contribution in [3.05, 3.63) is 30.1 Å². The van der Waals surface area contributed by atoms with E-state index in [1.54, 1.807) is 19.5 Å². The van der Waals surface area contributed by atoms with Crippen LogP contribution in [0.2, 0.25) is 0 Å². The average molecular weight is 224 g/mol. The zero-order valence-electron chi connectivity index (χ0n) is 9.31. The number of carbonyl (C=O) groups excluding carboxylic acids is 1. The quantitative estimate of drug-likeness (QED) is 0.679. The number of amides is 1. The van der Waals surface area contributed by atoms with Crippen molar-refractivity contribution in [1.82, 2.24) is 10.3 Å². The van der Waals surface area contributed by atoms with E-state index >= 15 is 0 Å². The summed E-state index contributed by atoms with van der Waals surface area (Å²) in [6, 6.07) is 3.73. The molecule has 1 rings (SSSR count). The molecule has 1 heterocycles. The van der Waals surface area contributed by atoms with Gasteiger partial charge in [0.25, 0.3) is 0 Å². The van der Waals surface area contributed by atoms with Gasteiger partial charge in [0, 0.05) is 26.0 Å². The molecule has 0 fully saturated rings. The largest absolute Gasteiger partial charge is 0.382 e. The Balaban J connectivity index is 2.11. The predicted octanol–water partition coefficient (Wildman–Crippen LogP) is 0.361. The minimum absolute atomic E-state index is 0.0591. The highest BCUT2D eigenvalue weighted by Crippen LogP contribution is 1.93. The van der Waals surface area contributed by atoms with E-state index in [4.69, 9.17) is 9.47 Å². The summed E-state index contributed by atoms with van der Waals surface area (Å²) in [5.41, 5.74) is 0.966. The lowest BCUT2D eigenvalue weighted by atomic mass is 10.3. The predicted molar refractivity (Wildman–Crippen MR) is 58.8 cm³/mol. The van der Waals surface area contributed by atoms with Crippen LogP contribution in [0, 0.1) is 0 Å². The molecule has 0 bridgehead atoms. The van der Waals surface area contributed by atoms with Crippen LogP contribution >= 0.6 is 0 Å². The van der Waals surface area contributed by atoms with E-state index in [9.17, 15) is 4.79 Å². The molecule has 0 radical (unpaired) electrons. The molecule has 0 aromatic carbocycles. The van der Waals surface area contributed by atoms with Crippen LogP contribution in [0.4, 0.5) is 0 Å². The van der Waals surface area contributed by atoms with Gasteiger partial charge in [0.2, 0.25) is 5.91 Å². The molecule has 0 unspecified atom stereocenters. The van der Waals surface area contributed by atoms with Gasteiger partial charge in [0.1, 0.15) is 6.61 Å². The summed E-state index contributed by atoms with van der Waals surface area (Å²) in [5.74, 6) is -0.139. The van der Waals surface area contributed by atoms with Crippen molar-refractivity contribution in [2.45, 2.75) is 6.54 Å². The number of pyridine rings is 1. The highest BCUT2D eigenvalue weighted by Gasteiger charge is 2.00. The van der Waals surface area contributed by atoms with Gasteiger partial charge in [-0.15, -0.1) is 0 Å². The number of nitrogens with zero attached hydrogens (tertiary/aromatic N) is 1. The highest BCUT2D eigenvalue weighted by molar-refractivity contribution is 5.77. The number of hydrogen-bond donors (Lipinski definition) is 1. The third-order valence-electron chi connectivity index (χ3n) is 1.88. The lowest BCUT2D eigenvalue weighted by Gasteiger charge is -2.05. The van der Waals surface area contributed by atoms with Crippen molar-refractivity contribution < 1.29 is 14.3 Å². The number of nitrogens with one attached hydrogen (secondary N) is 1. The molecule has 16 heavy (non-hydrogen) atoms. The standard InChI is InChI=1S/C11H16N2O3/c1-15-5-6-16-9-11(14)13-8-10-3-2-4-12-7-10/h2-4,7H,5-6,8-9H2,1H3,(H,13,14). The summed E-state index contributed by atoms with van der Waals surface area (Å²) >= 11 is 0. The second-order valence-electron chi connectivity index (χ2n) is 3.18. The van der Waals surface area contributed by atoms with E-state index < -0.39 is 0 Å². The molecule has 0 aliphatic rings. The molecule has 0 saturated heterocycles. The summed E-state index contributed by atoms with van der Waals surface area (Å²) in [7, 11) is 1.59. The summed E-state index contributed by atoms with van der Waals surface area (Å²) in [6.07, 6.45) is 3.41. The molecule has 0 saturated carbocycles. The van der Waals surface area contributed by atoms with E-state index in [1.807, 2.05) is 12.1 Å². The maximum atomic E-state index is 11.3. The Hall–Kier alpha value is -1.46. The molecular weight excluding hydrogens is 208 g/mol. The SMILES string of the molecule is COCCOCC(=O)NCc1cccnc1. The van der Waals surface area contributed by atoms with E-state index in [1.165, 1.54) is 0 Å². The highest BCUT2D eigenvalue weighted by atomic mass is 16.5. The van der Waals surface area contributed by atoms with Crippen molar-refractivity contribution in [2.24, 2.45) is 0 Å². The van der Waals surface area contributed by atoms with Gasteiger partial charge in [-0.3, -0.25) is 9.78 Å². The number of carbonyl (C=O) groups is 1. The van der Waals surface area contributed by atoms with Gasteiger partial charge in [0.05, 0.1) is 13.2 Å². The van der Waals surface area contributed by atoms with Crippen molar-refractivity contribution in [2.75, 3.05) is 26.9 Å². The number of methoxy groups -OCH3 is 1. The Kier molecular flexibility index (Phi) is 6.13. The Bertz CT molecular complexity index is 303. The van der Waals surface area contributed by atoms with Crippen LogP contribution in [0.1, 0.15) is 5.56 Å². The van der Waals surface area contributed by atoms with Crippen LogP contribution in [0.25, 0.3) is 0 Å². The maximum absolute atomic E-state index is 11.3. The Morgan fingerprint density at radius 1 is 1.50 bits per heavy atom. The van der Waals surface area contributed by atoms with Crippen molar-refractivity contribution in [3.63, 3.8) is 0 Å². The Morgan fingerprint density at radius 2 is 2.38 bits per heavy atom. The molecule has 5 nitrogen and oxygen atoms in total. The van der Waals surface area contributed by atoms with Crippen LogP contribution in [-0.2, 0) is 20.8 Å². The Labute approximate surface area is 94.8 Å². The third-order valence-corrected chi connectivity index (χ3v) is 1.88. The first kappa shape index (κ1) is 12.6. The summed E-state index contributed by atoms with van der Waals surface area (Å²) in [5, 5.41) is 2.73. The molecular formula is C11H16N2O3.